The van der Waals surface area contributed by atoms with Crippen molar-refractivity contribution in [2.75, 3.05) is 24.5 Å². The van der Waals surface area contributed by atoms with E-state index in [1.807, 2.05) is 0 Å². The zero-order chi connectivity index (χ0) is 13.1. The summed E-state index contributed by atoms with van der Waals surface area (Å²) in [6.07, 6.45) is 1.30. The normalized spacial score (nSPS) is 19.8. The van der Waals surface area contributed by atoms with Gasteiger partial charge in [0.05, 0.1) is 0 Å². The minimum atomic E-state index is 0.591. The van der Waals surface area contributed by atoms with Gasteiger partial charge in [0, 0.05) is 29.3 Å². The van der Waals surface area contributed by atoms with Gasteiger partial charge in [-0.2, -0.15) is 0 Å². The van der Waals surface area contributed by atoms with Crippen molar-refractivity contribution in [1.82, 2.24) is 5.32 Å². The summed E-state index contributed by atoms with van der Waals surface area (Å²) in [6.45, 7) is 10.1. The van der Waals surface area contributed by atoms with Crippen LogP contribution in [0.5, 0.6) is 0 Å². The molecule has 1 saturated heterocycles. The zero-order valence-electron chi connectivity index (χ0n) is 11.5. The summed E-state index contributed by atoms with van der Waals surface area (Å²) in [6, 6.07) is 7.17. The standard InChI is InChI=1S/C15H23BrN2/c1-11(2)17-9-13-6-7-18(10-13)15-5-4-14(16)8-12(15)3/h4-5,8,11,13,17H,6-7,9-10H2,1-3H3. The third-order valence-corrected chi connectivity index (χ3v) is 4.09. The first-order chi connectivity index (χ1) is 8.56. The van der Waals surface area contributed by atoms with Gasteiger partial charge in [0.25, 0.3) is 0 Å². The lowest BCUT2D eigenvalue weighted by Gasteiger charge is -2.21. The van der Waals surface area contributed by atoms with Gasteiger partial charge in [-0.1, -0.05) is 29.8 Å². The van der Waals surface area contributed by atoms with Gasteiger partial charge >= 0.3 is 0 Å². The molecular formula is C15H23BrN2. The second-order valence-corrected chi connectivity index (χ2v) is 6.51. The van der Waals surface area contributed by atoms with Crippen molar-refractivity contribution in [2.45, 2.75) is 33.2 Å². The molecule has 100 valence electrons. The van der Waals surface area contributed by atoms with E-state index in [2.05, 4.69) is 65.1 Å². The summed E-state index contributed by atoms with van der Waals surface area (Å²) in [5, 5.41) is 3.55. The molecule has 1 fully saturated rings. The lowest BCUT2D eigenvalue weighted by Crippen LogP contribution is -2.30. The Balaban J connectivity index is 1.95. The molecule has 1 N–H and O–H groups in total. The van der Waals surface area contributed by atoms with Gasteiger partial charge in [-0.25, -0.2) is 0 Å². The van der Waals surface area contributed by atoms with Crippen LogP contribution < -0.4 is 10.2 Å². The molecular weight excluding hydrogens is 288 g/mol. The number of hydrogen-bond donors (Lipinski definition) is 1. The van der Waals surface area contributed by atoms with E-state index in [0.29, 0.717) is 6.04 Å². The highest BCUT2D eigenvalue weighted by molar-refractivity contribution is 9.10. The third kappa shape index (κ3) is 3.48. The predicted octanol–water partition coefficient (Wildman–Crippen LogP) is 3.58. The van der Waals surface area contributed by atoms with Gasteiger partial charge in [0.1, 0.15) is 0 Å². The Morgan fingerprint density at radius 2 is 2.22 bits per heavy atom. The van der Waals surface area contributed by atoms with Crippen LogP contribution in [0.4, 0.5) is 5.69 Å². The third-order valence-electron chi connectivity index (χ3n) is 3.60. The van der Waals surface area contributed by atoms with Crippen LogP contribution in [0.1, 0.15) is 25.8 Å². The molecule has 1 aromatic rings. The molecule has 1 atom stereocenters. The van der Waals surface area contributed by atoms with E-state index < -0.39 is 0 Å². The highest BCUT2D eigenvalue weighted by Gasteiger charge is 2.23. The molecule has 18 heavy (non-hydrogen) atoms. The molecule has 0 saturated carbocycles. The first-order valence-electron chi connectivity index (χ1n) is 6.80. The van der Waals surface area contributed by atoms with E-state index in [1.165, 1.54) is 35.2 Å². The summed E-state index contributed by atoms with van der Waals surface area (Å²) < 4.78 is 1.17. The number of nitrogens with zero attached hydrogens (tertiary/aromatic N) is 1. The average Bonchev–Trinajstić information content (AvgIpc) is 2.75. The smallest absolute Gasteiger partial charge is 0.0396 e. The van der Waals surface area contributed by atoms with E-state index in [4.69, 9.17) is 0 Å². The van der Waals surface area contributed by atoms with E-state index in [0.717, 1.165) is 12.5 Å². The molecule has 1 heterocycles. The van der Waals surface area contributed by atoms with Crippen molar-refractivity contribution in [3.63, 3.8) is 0 Å². The molecule has 2 nitrogen and oxygen atoms in total. The Bertz CT molecular complexity index is 403. The highest BCUT2D eigenvalue weighted by Crippen LogP contribution is 2.28. The van der Waals surface area contributed by atoms with Crippen LogP contribution in [0.25, 0.3) is 0 Å². The zero-order valence-corrected chi connectivity index (χ0v) is 13.1. The SMILES string of the molecule is Cc1cc(Br)ccc1N1CCC(CNC(C)C)C1. The maximum Gasteiger partial charge on any atom is 0.0396 e. The van der Waals surface area contributed by atoms with Crippen molar-refractivity contribution in [1.29, 1.82) is 0 Å². The molecule has 1 aliphatic rings. The minimum absolute atomic E-state index is 0.591. The molecule has 0 aliphatic carbocycles. The fraction of sp³-hybridized carbons (Fsp3) is 0.600. The molecule has 1 aliphatic heterocycles. The fourth-order valence-electron chi connectivity index (χ4n) is 2.59. The second kappa shape index (κ2) is 6.07. The summed E-state index contributed by atoms with van der Waals surface area (Å²) in [5.41, 5.74) is 2.76. The number of hydrogen-bond acceptors (Lipinski definition) is 2. The predicted molar refractivity (Wildman–Crippen MR) is 82.3 cm³/mol. The number of aryl methyl sites for hydroxylation is 1. The molecule has 3 heteroatoms. The van der Waals surface area contributed by atoms with Crippen molar-refractivity contribution in [3.8, 4) is 0 Å². The Hall–Kier alpha value is -0.540. The molecule has 1 aromatic carbocycles. The highest BCUT2D eigenvalue weighted by atomic mass is 79.9. The Labute approximate surface area is 119 Å². The lowest BCUT2D eigenvalue weighted by atomic mass is 10.1. The molecule has 0 aromatic heterocycles. The molecule has 0 amide bonds. The number of benzene rings is 1. The van der Waals surface area contributed by atoms with Crippen molar-refractivity contribution < 1.29 is 0 Å². The summed E-state index contributed by atoms with van der Waals surface area (Å²) in [5.74, 6) is 0.787. The largest absolute Gasteiger partial charge is 0.371 e. The van der Waals surface area contributed by atoms with Gasteiger partial charge in [0.15, 0.2) is 0 Å². The summed E-state index contributed by atoms with van der Waals surface area (Å²) in [7, 11) is 0. The summed E-state index contributed by atoms with van der Waals surface area (Å²) in [4.78, 5) is 2.52. The van der Waals surface area contributed by atoms with Crippen LogP contribution in [-0.2, 0) is 0 Å². The molecule has 2 rings (SSSR count). The van der Waals surface area contributed by atoms with Crippen LogP contribution in [-0.4, -0.2) is 25.7 Å². The van der Waals surface area contributed by atoms with Crippen molar-refractivity contribution in [2.24, 2.45) is 5.92 Å². The Morgan fingerprint density at radius 3 is 2.89 bits per heavy atom. The maximum absolute atomic E-state index is 3.55. The van der Waals surface area contributed by atoms with Gasteiger partial charge in [0.2, 0.25) is 0 Å². The molecule has 0 radical (unpaired) electrons. The van der Waals surface area contributed by atoms with E-state index >= 15 is 0 Å². The first-order valence-corrected chi connectivity index (χ1v) is 7.60. The van der Waals surface area contributed by atoms with Crippen LogP contribution in [0.15, 0.2) is 22.7 Å². The fourth-order valence-corrected chi connectivity index (χ4v) is 3.07. The average molecular weight is 311 g/mol. The number of rotatable bonds is 4. The van der Waals surface area contributed by atoms with Gasteiger partial charge in [-0.05, 0) is 49.6 Å². The molecule has 0 bridgehead atoms. The maximum atomic E-state index is 3.55. The van der Waals surface area contributed by atoms with Crippen LogP contribution in [0.3, 0.4) is 0 Å². The van der Waals surface area contributed by atoms with Crippen LogP contribution in [0.2, 0.25) is 0 Å². The number of anilines is 1. The quantitative estimate of drug-likeness (QED) is 0.914. The first kappa shape index (κ1) is 13.9. The second-order valence-electron chi connectivity index (χ2n) is 5.59. The molecule has 0 spiro atoms. The van der Waals surface area contributed by atoms with Gasteiger partial charge in [-0.15, -0.1) is 0 Å². The van der Waals surface area contributed by atoms with Gasteiger partial charge in [-0.3, -0.25) is 0 Å². The van der Waals surface area contributed by atoms with Crippen molar-refractivity contribution in [3.05, 3.63) is 28.2 Å². The Kier molecular flexibility index (Phi) is 4.68. The van der Waals surface area contributed by atoms with Crippen molar-refractivity contribution >= 4 is 21.6 Å². The molecule has 1 unspecified atom stereocenters. The summed E-state index contributed by atoms with van der Waals surface area (Å²) >= 11 is 3.53. The van der Waals surface area contributed by atoms with E-state index in [9.17, 15) is 0 Å². The topological polar surface area (TPSA) is 15.3 Å². The minimum Gasteiger partial charge on any atom is -0.371 e. The van der Waals surface area contributed by atoms with Crippen LogP contribution >= 0.6 is 15.9 Å². The lowest BCUT2D eigenvalue weighted by molar-refractivity contribution is 0.480. The van der Waals surface area contributed by atoms with E-state index in [1.54, 1.807) is 0 Å². The Morgan fingerprint density at radius 1 is 1.44 bits per heavy atom. The van der Waals surface area contributed by atoms with Gasteiger partial charge < -0.3 is 10.2 Å². The van der Waals surface area contributed by atoms with Crippen LogP contribution in [0, 0.1) is 12.8 Å². The number of nitrogens with one attached hydrogen (secondary N) is 1. The number of halogens is 1. The van der Waals surface area contributed by atoms with E-state index in [-0.39, 0.29) is 0 Å². The monoisotopic (exact) mass is 310 g/mol.